The zero-order valence-corrected chi connectivity index (χ0v) is 16.0. The lowest BCUT2D eigenvalue weighted by Crippen LogP contribution is -2.33. The average molecular weight is 368 g/mol. The van der Waals surface area contributed by atoms with Crippen LogP contribution in [0.2, 0.25) is 0 Å². The molecule has 140 valence electrons. The lowest BCUT2D eigenvalue weighted by Gasteiger charge is -2.21. The van der Waals surface area contributed by atoms with E-state index >= 15 is 0 Å². The van der Waals surface area contributed by atoms with Crippen LogP contribution >= 0.6 is 0 Å². The molecule has 1 N–H and O–H groups in total. The number of nitrogens with zero attached hydrogens (tertiary/aromatic N) is 1. The quantitative estimate of drug-likeness (QED) is 0.643. The molecule has 0 bridgehead atoms. The summed E-state index contributed by atoms with van der Waals surface area (Å²) >= 11 is 0. The summed E-state index contributed by atoms with van der Waals surface area (Å²) < 4.78 is 31.6. The van der Waals surface area contributed by atoms with Gasteiger partial charge in [0.25, 0.3) is 5.91 Å². The highest BCUT2D eigenvalue weighted by atomic mass is 32.2. The van der Waals surface area contributed by atoms with Gasteiger partial charge in [0.15, 0.2) is 0 Å². The van der Waals surface area contributed by atoms with Crippen LogP contribution in [0.3, 0.4) is 0 Å². The van der Waals surface area contributed by atoms with Crippen LogP contribution in [-0.4, -0.2) is 51.5 Å². The Hall–Kier alpha value is -1.44. The van der Waals surface area contributed by atoms with Crippen LogP contribution in [0.5, 0.6) is 0 Å². The van der Waals surface area contributed by atoms with E-state index in [0.717, 1.165) is 18.9 Å². The van der Waals surface area contributed by atoms with Crippen molar-refractivity contribution in [3.63, 3.8) is 0 Å². The van der Waals surface area contributed by atoms with Crippen LogP contribution in [0, 0.1) is 5.92 Å². The molecular weight excluding hydrogens is 340 g/mol. The van der Waals surface area contributed by atoms with E-state index in [-0.39, 0.29) is 16.8 Å². The van der Waals surface area contributed by atoms with Crippen LogP contribution in [0.4, 0.5) is 0 Å². The number of hydrogen-bond acceptors (Lipinski definition) is 4. The molecule has 1 aromatic carbocycles. The van der Waals surface area contributed by atoms with Crippen LogP contribution in [0.15, 0.2) is 29.2 Å². The van der Waals surface area contributed by atoms with Gasteiger partial charge < -0.3 is 10.1 Å². The smallest absolute Gasteiger partial charge is 0.251 e. The number of rotatable bonds is 10. The normalized spacial score (nSPS) is 14.9. The first-order valence-corrected chi connectivity index (χ1v) is 10.2. The molecule has 1 saturated carbocycles. The first-order valence-electron chi connectivity index (χ1n) is 8.76. The molecule has 1 aromatic rings. The van der Waals surface area contributed by atoms with Crippen LogP contribution in [-0.2, 0) is 14.8 Å². The number of carbonyl (C=O) groups is 1. The maximum absolute atomic E-state index is 12.4. The van der Waals surface area contributed by atoms with Crippen molar-refractivity contribution >= 4 is 15.9 Å². The highest BCUT2D eigenvalue weighted by molar-refractivity contribution is 7.89. The lowest BCUT2D eigenvalue weighted by atomic mass is 10.2. The zero-order chi connectivity index (χ0) is 18.4. The molecule has 0 atom stereocenters. The van der Waals surface area contributed by atoms with E-state index in [1.807, 2.05) is 13.8 Å². The van der Waals surface area contributed by atoms with E-state index in [1.165, 1.54) is 29.3 Å². The molecule has 1 amide bonds. The largest absolute Gasteiger partial charge is 0.381 e. The third-order valence-corrected chi connectivity index (χ3v) is 6.37. The Morgan fingerprint density at radius 2 is 1.92 bits per heavy atom. The molecule has 25 heavy (non-hydrogen) atoms. The van der Waals surface area contributed by atoms with Crippen molar-refractivity contribution in [1.29, 1.82) is 0 Å². The fourth-order valence-electron chi connectivity index (χ4n) is 2.23. The summed E-state index contributed by atoms with van der Waals surface area (Å²) in [4.78, 5) is 12.3. The van der Waals surface area contributed by atoms with Crippen LogP contribution in [0.25, 0.3) is 0 Å². The van der Waals surface area contributed by atoms with Crippen molar-refractivity contribution in [2.45, 2.75) is 44.0 Å². The highest BCUT2D eigenvalue weighted by Gasteiger charge is 2.23. The van der Waals surface area contributed by atoms with Gasteiger partial charge >= 0.3 is 0 Å². The summed E-state index contributed by atoms with van der Waals surface area (Å²) in [5.41, 5.74) is 0.449. The van der Waals surface area contributed by atoms with Gasteiger partial charge in [0.2, 0.25) is 10.0 Å². The van der Waals surface area contributed by atoms with Gasteiger partial charge in [0, 0.05) is 38.4 Å². The van der Waals surface area contributed by atoms with Crippen molar-refractivity contribution in [3.8, 4) is 0 Å². The second-order valence-electron chi connectivity index (χ2n) is 6.77. The van der Waals surface area contributed by atoms with Crippen molar-refractivity contribution in [1.82, 2.24) is 9.62 Å². The van der Waals surface area contributed by atoms with Crippen molar-refractivity contribution < 1.29 is 17.9 Å². The number of benzene rings is 1. The number of carbonyl (C=O) groups excluding carboxylic acids is 1. The zero-order valence-electron chi connectivity index (χ0n) is 15.2. The molecule has 6 nitrogen and oxygen atoms in total. The van der Waals surface area contributed by atoms with E-state index in [1.54, 1.807) is 19.2 Å². The summed E-state index contributed by atoms with van der Waals surface area (Å²) in [6.45, 7) is 5.64. The number of amides is 1. The Morgan fingerprint density at radius 3 is 2.48 bits per heavy atom. The first kappa shape index (κ1) is 19.9. The Balaban J connectivity index is 1.80. The summed E-state index contributed by atoms with van der Waals surface area (Å²) in [7, 11) is -1.98. The van der Waals surface area contributed by atoms with Gasteiger partial charge in [-0.2, -0.15) is 4.31 Å². The second kappa shape index (κ2) is 8.78. The summed E-state index contributed by atoms with van der Waals surface area (Å²) in [5, 5.41) is 2.82. The molecule has 1 aliphatic rings. The predicted molar refractivity (Wildman–Crippen MR) is 97.0 cm³/mol. The summed E-state index contributed by atoms with van der Waals surface area (Å²) in [6, 6.07) is 5.90. The summed E-state index contributed by atoms with van der Waals surface area (Å²) in [5.74, 6) is 0.544. The Bertz CT molecular complexity index is 667. The fraction of sp³-hybridized carbons (Fsp3) is 0.611. The van der Waals surface area contributed by atoms with Gasteiger partial charge in [0.1, 0.15) is 0 Å². The van der Waals surface area contributed by atoms with Gasteiger partial charge in [-0.25, -0.2) is 8.42 Å². The van der Waals surface area contributed by atoms with Gasteiger partial charge in [-0.15, -0.1) is 0 Å². The van der Waals surface area contributed by atoms with Gasteiger partial charge in [0.05, 0.1) is 4.90 Å². The SMILES string of the molecule is CC(C)N(C)S(=O)(=O)c1ccc(C(=O)NCCCOCC2CC2)cc1. The first-order chi connectivity index (χ1) is 11.8. The fourth-order valence-corrected chi connectivity index (χ4v) is 3.60. The van der Waals surface area contributed by atoms with Crippen molar-refractivity contribution in [2.75, 3.05) is 26.8 Å². The number of nitrogens with one attached hydrogen (secondary N) is 1. The molecule has 0 aliphatic heterocycles. The van der Waals surface area contributed by atoms with Gasteiger partial charge in [-0.05, 0) is 63.3 Å². The second-order valence-corrected chi connectivity index (χ2v) is 8.76. The van der Waals surface area contributed by atoms with Crippen molar-refractivity contribution in [2.24, 2.45) is 5.92 Å². The van der Waals surface area contributed by atoms with Crippen LogP contribution < -0.4 is 5.32 Å². The topological polar surface area (TPSA) is 75.7 Å². The Kier molecular flexibility index (Phi) is 6.98. The lowest BCUT2D eigenvalue weighted by molar-refractivity contribution is 0.0937. The molecule has 2 rings (SSSR count). The molecule has 0 aromatic heterocycles. The van der Waals surface area contributed by atoms with Crippen molar-refractivity contribution in [3.05, 3.63) is 29.8 Å². The number of sulfonamides is 1. The average Bonchev–Trinajstić information content (AvgIpc) is 3.41. The molecule has 1 aliphatic carbocycles. The monoisotopic (exact) mass is 368 g/mol. The van der Waals surface area contributed by atoms with E-state index in [2.05, 4.69) is 5.32 Å². The van der Waals surface area contributed by atoms with Crippen LogP contribution in [0.1, 0.15) is 43.5 Å². The van der Waals surface area contributed by atoms with Gasteiger partial charge in [-0.3, -0.25) is 4.79 Å². The maximum atomic E-state index is 12.4. The molecular formula is C18H28N2O4S. The van der Waals surface area contributed by atoms with E-state index in [0.29, 0.717) is 18.7 Å². The van der Waals surface area contributed by atoms with Gasteiger partial charge in [-0.1, -0.05) is 0 Å². The maximum Gasteiger partial charge on any atom is 0.251 e. The minimum atomic E-state index is -3.52. The minimum Gasteiger partial charge on any atom is -0.381 e. The van der Waals surface area contributed by atoms with E-state index in [9.17, 15) is 13.2 Å². The minimum absolute atomic E-state index is 0.130. The molecule has 0 spiro atoms. The third kappa shape index (κ3) is 5.80. The van der Waals surface area contributed by atoms with E-state index < -0.39 is 10.0 Å². The van der Waals surface area contributed by atoms with E-state index in [4.69, 9.17) is 4.74 Å². The molecule has 7 heteroatoms. The number of ether oxygens (including phenoxy) is 1. The molecule has 0 radical (unpaired) electrons. The standard InChI is InChI=1S/C18H28N2O4S/c1-14(2)20(3)25(22,23)17-9-7-16(8-10-17)18(21)19-11-4-12-24-13-15-5-6-15/h7-10,14-15H,4-6,11-13H2,1-3H3,(H,19,21). The third-order valence-electron chi connectivity index (χ3n) is 4.32. The Labute approximate surface area is 150 Å². The highest BCUT2D eigenvalue weighted by Crippen LogP contribution is 2.28. The Morgan fingerprint density at radius 1 is 1.28 bits per heavy atom. The molecule has 0 unspecified atom stereocenters. The predicted octanol–water partition coefficient (Wildman–Crippen LogP) is 2.26. The molecule has 1 fully saturated rings. The molecule has 0 heterocycles. The molecule has 0 saturated heterocycles. The summed E-state index contributed by atoms with van der Waals surface area (Å²) in [6.07, 6.45) is 3.31. The number of hydrogen-bond donors (Lipinski definition) is 1.